The summed E-state index contributed by atoms with van der Waals surface area (Å²) in [7, 11) is 0. The van der Waals surface area contributed by atoms with Crippen molar-refractivity contribution in [3.05, 3.63) is 92.5 Å². The van der Waals surface area contributed by atoms with Crippen LogP contribution in [0.2, 0.25) is 10.0 Å². The van der Waals surface area contributed by atoms with E-state index < -0.39 is 17.3 Å². The van der Waals surface area contributed by atoms with Crippen LogP contribution in [0.15, 0.2) is 69.5 Å². The van der Waals surface area contributed by atoms with Crippen molar-refractivity contribution in [2.24, 2.45) is 0 Å². The van der Waals surface area contributed by atoms with Gasteiger partial charge < -0.3 is 5.32 Å². The SMILES string of the molecule is O=c1ncc2nc(Sc3ccc(F)cc3F)c(C3=CCNCC3)cc2n1-c1c(Cl)cccc1Cl. The van der Waals surface area contributed by atoms with Crippen molar-refractivity contribution in [1.82, 2.24) is 19.9 Å². The Kier molecular flexibility index (Phi) is 6.40. The van der Waals surface area contributed by atoms with Crippen LogP contribution in [0.4, 0.5) is 8.78 Å². The Labute approximate surface area is 207 Å². The Balaban J connectivity index is 1.77. The highest BCUT2D eigenvalue weighted by Gasteiger charge is 2.20. The maximum absolute atomic E-state index is 14.5. The molecule has 0 bridgehead atoms. The van der Waals surface area contributed by atoms with Crippen LogP contribution in [0.25, 0.3) is 22.3 Å². The number of nitrogens with zero attached hydrogens (tertiary/aromatic N) is 3. The Bertz CT molecular complexity index is 1500. The van der Waals surface area contributed by atoms with Gasteiger partial charge >= 0.3 is 5.69 Å². The molecule has 0 unspecified atom stereocenters. The minimum Gasteiger partial charge on any atom is -0.313 e. The van der Waals surface area contributed by atoms with Gasteiger partial charge in [-0.15, -0.1) is 0 Å². The quantitative estimate of drug-likeness (QED) is 0.366. The fourth-order valence-electron chi connectivity index (χ4n) is 3.81. The summed E-state index contributed by atoms with van der Waals surface area (Å²) in [4.78, 5) is 21.8. The Morgan fingerprint density at radius 1 is 1.09 bits per heavy atom. The van der Waals surface area contributed by atoms with Crippen LogP contribution in [-0.4, -0.2) is 27.6 Å². The number of para-hydroxylation sites is 1. The van der Waals surface area contributed by atoms with Gasteiger partial charge in [0.15, 0.2) is 0 Å². The van der Waals surface area contributed by atoms with Crippen LogP contribution in [0.1, 0.15) is 12.0 Å². The molecule has 0 amide bonds. The van der Waals surface area contributed by atoms with E-state index in [9.17, 15) is 13.6 Å². The van der Waals surface area contributed by atoms with Gasteiger partial charge in [0.25, 0.3) is 0 Å². The number of halogens is 4. The molecular formula is C24H16Cl2F2N4OS. The number of rotatable bonds is 4. The first-order chi connectivity index (χ1) is 16.4. The summed E-state index contributed by atoms with van der Waals surface area (Å²) >= 11 is 13.9. The molecule has 1 aliphatic rings. The Morgan fingerprint density at radius 3 is 2.59 bits per heavy atom. The number of fused-ring (bicyclic) bond motifs is 1. The van der Waals surface area contributed by atoms with Crippen molar-refractivity contribution < 1.29 is 8.78 Å². The maximum atomic E-state index is 14.5. The van der Waals surface area contributed by atoms with Crippen molar-refractivity contribution in [2.75, 3.05) is 13.1 Å². The van der Waals surface area contributed by atoms with Crippen molar-refractivity contribution >= 4 is 51.6 Å². The van der Waals surface area contributed by atoms with E-state index in [1.165, 1.54) is 22.9 Å². The fraction of sp³-hybridized carbons (Fsp3) is 0.125. The molecule has 0 saturated heterocycles. The molecule has 1 N–H and O–H groups in total. The molecule has 0 radical (unpaired) electrons. The summed E-state index contributed by atoms with van der Waals surface area (Å²) in [5.41, 5.74) is 2.36. The molecule has 3 heterocycles. The molecule has 2 aromatic carbocycles. The second-order valence-electron chi connectivity index (χ2n) is 7.55. The molecule has 0 atom stereocenters. The topological polar surface area (TPSA) is 59.8 Å². The third-order valence-corrected chi connectivity index (χ3v) is 7.06. The zero-order valence-electron chi connectivity index (χ0n) is 17.5. The first-order valence-corrected chi connectivity index (χ1v) is 11.9. The van der Waals surface area contributed by atoms with E-state index in [0.717, 1.165) is 41.9 Å². The van der Waals surface area contributed by atoms with Gasteiger partial charge in [-0.05, 0) is 48.9 Å². The predicted molar refractivity (Wildman–Crippen MR) is 131 cm³/mol. The highest BCUT2D eigenvalue weighted by molar-refractivity contribution is 7.99. The lowest BCUT2D eigenvalue weighted by molar-refractivity contribution is 0.565. The summed E-state index contributed by atoms with van der Waals surface area (Å²) in [6, 6.07) is 10.2. The minimum atomic E-state index is -0.678. The first-order valence-electron chi connectivity index (χ1n) is 10.3. The van der Waals surface area contributed by atoms with Crippen LogP contribution in [-0.2, 0) is 0 Å². The van der Waals surface area contributed by atoms with Crippen molar-refractivity contribution in [3.8, 4) is 5.69 Å². The van der Waals surface area contributed by atoms with Crippen LogP contribution < -0.4 is 11.0 Å². The smallest absolute Gasteiger partial charge is 0.313 e. The van der Waals surface area contributed by atoms with Crippen molar-refractivity contribution in [2.45, 2.75) is 16.3 Å². The summed E-state index contributed by atoms with van der Waals surface area (Å²) in [6.07, 6.45) is 4.11. The molecule has 34 heavy (non-hydrogen) atoms. The van der Waals surface area contributed by atoms with E-state index in [1.807, 2.05) is 12.1 Å². The standard InChI is InChI=1S/C24H16Cl2F2N4OS/c25-16-2-1-3-17(26)22(16)32-20-11-15(13-6-8-29-9-7-13)23(31-19(20)12-30-24(32)33)34-21-5-4-14(27)10-18(21)28/h1-6,10-12,29H,7-9H2. The maximum Gasteiger partial charge on any atom is 0.352 e. The molecule has 5 rings (SSSR count). The van der Waals surface area contributed by atoms with Crippen LogP contribution in [0.5, 0.6) is 0 Å². The number of nitrogens with one attached hydrogen (secondary N) is 1. The first kappa shape index (κ1) is 23.0. The largest absolute Gasteiger partial charge is 0.352 e. The molecule has 4 aromatic rings. The van der Waals surface area contributed by atoms with Gasteiger partial charge in [-0.1, -0.05) is 47.1 Å². The molecule has 172 valence electrons. The van der Waals surface area contributed by atoms with Crippen LogP contribution in [0, 0.1) is 11.6 Å². The van der Waals surface area contributed by atoms with Gasteiger partial charge in [-0.3, -0.25) is 4.57 Å². The molecule has 10 heteroatoms. The van der Waals surface area contributed by atoms with E-state index in [1.54, 1.807) is 18.2 Å². The van der Waals surface area contributed by atoms with Gasteiger partial charge in [0.05, 0.1) is 27.4 Å². The van der Waals surface area contributed by atoms with Gasteiger partial charge in [0, 0.05) is 23.1 Å². The van der Waals surface area contributed by atoms with E-state index in [2.05, 4.69) is 10.3 Å². The molecular weight excluding hydrogens is 501 g/mol. The van der Waals surface area contributed by atoms with Crippen molar-refractivity contribution in [3.63, 3.8) is 0 Å². The predicted octanol–water partition coefficient (Wildman–Crippen LogP) is 5.89. The monoisotopic (exact) mass is 516 g/mol. The van der Waals surface area contributed by atoms with Crippen LogP contribution >= 0.6 is 35.0 Å². The number of benzene rings is 2. The zero-order valence-corrected chi connectivity index (χ0v) is 19.8. The molecule has 0 fully saturated rings. The summed E-state index contributed by atoms with van der Waals surface area (Å²) in [6.45, 7) is 1.43. The molecule has 0 aliphatic carbocycles. The number of pyridine rings is 1. The minimum absolute atomic E-state index is 0.236. The summed E-state index contributed by atoms with van der Waals surface area (Å²) in [5.74, 6) is -1.33. The van der Waals surface area contributed by atoms with E-state index >= 15 is 0 Å². The normalized spacial score (nSPS) is 13.8. The molecule has 2 aromatic heterocycles. The molecule has 1 aliphatic heterocycles. The zero-order chi connectivity index (χ0) is 23.8. The third kappa shape index (κ3) is 4.34. The second-order valence-corrected chi connectivity index (χ2v) is 9.40. The summed E-state index contributed by atoms with van der Waals surface area (Å²) < 4.78 is 29.2. The number of hydrogen-bond acceptors (Lipinski definition) is 5. The fourth-order valence-corrected chi connectivity index (χ4v) is 5.32. The van der Waals surface area contributed by atoms with Gasteiger partial charge in [0.2, 0.25) is 0 Å². The Hall–Kier alpha value is -2.78. The lowest BCUT2D eigenvalue weighted by atomic mass is 10.0. The van der Waals surface area contributed by atoms with Gasteiger partial charge in [-0.2, -0.15) is 4.98 Å². The number of hydrogen-bond donors (Lipinski definition) is 1. The Morgan fingerprint density at radius 2 is 1.88 bits per heavy atom. The van der Waals surface area contributed by atoms with E-state index in [4.69, 9.17) is 28.2 Å². The molecule has 5 nitrogen and oxygen atoms in total. The number of aromatic nitrogens is 3. The summed E-state index contributed by atoms with van der Waals surface area (Å²) in [5, 5.41) is 4.36. The highest BCUT2D eigenvalue weighted by atomic mass is 35.5. The van der Waals surface area contributed by atoms with Crippen molar-refractivity contribution in [1.29, 1.82) is 0 Å². The van der Waals surface area contributed by atoms with Gasteiger partial charge in [-0.25, -0.2) is 18.6 Å². The average Bonchev–Trinajstić information content (AvgIpc) is 2.82. The molecule has 0 saturated carbocycles. The lowest BCUT2D eigenvalue weighted by Gasteiger charge is -2.19. The third-order valence-electron chi connectivity index (χ3n) is 5.40. The second kappa shape index (κ2) is 9.46. The molecule has 0 spiro atoms. The lowest BCUT2D eigenvalue weighted by Crippen LogP contribution is -2.23. The highest BCUT2D eigenvalue weighted by Crippen LogP contribution is 2.38. The van der Waals surface area contributed by atoms with Gasteiger partial charge in [0.1, 0.15) is 22.2 Å². The van der Waals surface area contributed by atoms with E-state index in [-0.39, 0.29) is 4.90 Å². The van der Waals surface area contributed by atoms with Crippen LogP contribution in [0.3, 0.4) is 0 Å². The average molecular weight is 517 g/mol. The van der Waals surface area contributed by atoms with E-state index in [0.29, 0.717) is 38.3 Å².